The van der Waals surface area contributed by atoms with Gasteiger partial charge in [-0.05, 0) is 0 Å². The van der Waals surface area contributed by atoms with E-state index >= 15 is 0 Å². The zero-order valence-electron chi connectivity index (χ0n) is 15.1. The second-order valence-corrected chi connectivity index (χ2v) is 8.12. The number of likely N-dealkylation sites (N-methyl/N-ethyl adjacent to an activating group) is 1. The molecule has 0 aliphatic rings. The molecule has 0 unspecified atom stereocenters. The second kappa shape index (κ2) is 8.01. The average Bonchev–Trinajstić information content (AvgIpc) is 2.59. The van der Waals surface area contributed by atoms with Gasteiger partial charge in [0.15, 0.2) is 0 Å². The van der Waals surface area contributed by atoms with Gasteiger partial charge in [-0.2, -0.15) is 78.9 Å². The minimum absolute atomic E-state index is 0.0794. The van der Waals surface area contributed by atoms with E-state index in [1.807, 2.05) is 0 Å². The molecule has 0 heterocycles. The zero-order chi connectivity index (χ0) is 27.5. The molecular weight excluding hydrogens is 545 g/mol. The molecule has 21 heteroatoms. The van der Waals surface area contributed by atoms with Crippen LogP contribution in [0.1, 0.15) is 0 Å². The lowest BCUT2D eigenvalue weighted by molar-refractivity contribution is -0.458. The van der Waals surface area contributed by atoms with Gasteiger partial charge in [0, 0.05) is 13.6 Å². The van der Waals surface area contributed by atoms with Gasteiger partial charge in [0.2, 0.25) is 0 Å². The minimum Gasteiger partial charge on any atom is -0.206 e. The Morgan fingerprint density at radius 3 is 1.15 bits per heavy atom. The Morgan fingerprint density at radius 1 is 0.606 bits per heavy atom. The molecule has 0 amide bonds. The standard InChI is InChI=1S/C12H8F17NO2S/c1-3-4-30(2)33(31,32)12(28,29)10(23,24)8(19,20)6(15,16)5(13,14)7(17,18)9(21,22)11(25,26)27/h3H,1,4H2,2H3. The highest BCUT2D eigenvalue weighted by Crippen LogP contribution is 2.64. The molecule has 0 saturated carbocycles. The number of alkyl halides is 17. The third-order valence-electron chi connectivity index (χ3n) is 3.81. The van der Waals surface area contributed by atoms with Crippen molar-refractivity contribution in [3.8, 4) is 0 Å². The maximum atomic E-state index is 13.7. The van der Waals surface area contributed by atoms with Crippen molar-refractivity contribution in [2.75, 3.05) is 13.6 Å². The Kier molecular flexibility index (Phi) is 7.63. The number of hydrogen-bond donors (Lipinski definition) is 0. The van der Waals surface area contributed by atoms with Gasteiger partial charge in [-0.3, -0.25) is 0 Å². The number of halogens is 17. The first-order valence-corrected chi connectivity index (χ1v) is 8.70. The zero-order valence-corrected chi connectivity index (χ0v) is 15.9. The van der Waals surface area contributed by atoms with Crippen LogP contribution in [0, 0.1) is 0 Å². The van der Waals surface area contributed by atoms with Crippen molar-refractivity contribution in [2.45, 2.75) is 47.0 Å². The van der Waals surface area contributed by atoms with Crippen molar-refractivity contribution in [3.63, 3.8) is 0 Å². The molecule has 0 rings (SSSR count). The monoisotopic (exact) mass is 553 g/mol. The van der Waals surface area contributed by atoms with Crippen LogP contribution >= 0.6 is 0 Å². The molecule has 0 N–H and O–H groups in total. The average molecular weight is 553 g/mol. The lowest BCUT2D eigenvalue weighted by Crippen LogP contribution is -2.75. The van der Waals surface area contributed by atoms with Gasteiger partial charge in [0.25, 0.3) is 10.0 Å². The quantitative estimate of drug-likeness (QED) is 0.269. The summed E-state index contributed by atoms with van der Waals surface area (Å²) in [7, 11) is -7.31. The van der Waals surface area contributed by atoms with E-state index in [4.69, 9.17) is 0 Å². The molecule has 0 spiro atoms. The van der Waals surface area contributed by atoms with Crippen LogP contribution < -0.4 is 0 Å². The highest BCUT2D eigenvalue weighted by Gasteiger charge is 2.96. The number of sulfonamides is 1. The summed E-state index contributed by atoms with van der Waals surface area (Å²) in [6.07, 6.45) is -7.54. The Labute approximate surface area is 171 Å². The van der Waals surface area contributed by atoms with E-state index in [0.29, 0.717) is 6.08 Å². The molecule has 0 aromatic heterocycles. The molecule has 0 aromatic carbocycles. The number of rotatable bonds is 10. The van der Waals surface area contributed by atoms with E-state index < -0.39 is 67.8 Å². The van der Waals surface area contributed by atoms with Crippen LogP contribution in [-0.2, 0) is 10.0 Å². The molecule has 0 aromatic rings. The molecule has 0 radical (unpaired) electrons. The van der Waals surface area contributed by atoms with E-state index in [2.05, 4.69) is 6.58 Å². The van der Waals surface area contributed by atoms with Crippen molar-refractivity contribution in [1.82, 2.24) is 4.31 Å². The maximum Gasteiger partial charge on any atom is 0.460 e. The molecule has 0 saturated heterocycles. The molecule has 0 aliphatic heterocycles. The predicted molar refractivity (Wildman–Crippen MR) is 72.4 cm³/mol. The summed E-state index contributed by atoms with van der Waals surface area (Å²) in [4.78, 5) is 0. The first kappa shape index (κ1) is 31.5. The van der Waals surface area contributed by atoms with Gasteiger partial charge in [0.05, 0.1) is 0 Å². The van der Waals surface area contributed by atoms with Crippen molar-refractivity contribution < 1.29 is 83.1 Å². The second-order valence-electron chi connectivity index (χ2n) is 6.04. The molecule has 0 bridgehead atoms. The van der Waals surface area contributed by atoms with E-state index in [1.54, 1.807) is 0 Å². The van der Waals surface area contributed by atoms with Gasteiger partial charge in [-0.1, -0.05) is 6.08 Å². The van der Waals surface area contributed by atoms with E-state index in [1.165, 1.54) is 0 Å². The van der Waals surface area contributed by atoms with Crippen LogP contribution in [0.15, 0.2) is 12.7 Å². The number of hydrogen-bond acceptors (Lipinski definition) is 2. The molecule has 0 fully saturated rings. The van der Waals surface area contributed by atoms with Gasteiger partial charge in [0.1, 0.15) is 0 Å². The third kappa shape index (κ3) is 3.91. The van der Waals surface area contributed by atoms with Gasteiger partial charge < -0.3 is 0 Å². The third-order valence-corrected chi connectivity index (χ3v) is 5.69. The van der Waals surface area contributed by atoms with Gasteiger partial charge in [-0.15, -0.1) is 6.58 Å². The summed E-state index contributed by atoms with van der Waals surface area (Å²) in [5.74, 6) is -51.6. The Balaban J connectivity index is 6.99. The minimum atomic E-state index is -8.84. The number of nitrogens with zero attached hydrogens (tertiary/aromatic N) is 1. The summed E-state index contributed by atoms with van der Waals surface area (Å²) in [5.41, 5.74) is 0. The smallest absolute Gasteiger partial charge is 0.206 e. The summed E-state index contributed by atoms with van der Waals surface area (Å²) >= 11 is 0. The lowest BCUT2D eigenvalue weighted by Gasteiger charge is -2.42. The molecular formula is C12H8F17NO2S. The maximum absolute atomic E-state index is 13.7. The van der Waals surface area contributed by atoms with Gasteiger partial charge in [-0.25, -0.2) is 8.42 Å². The normalized spacial score (nSPS) is 16.3. The van der Waals surface area contributed by atoms with Crippen molar-refractivity contribution >= 4 is 10.0 Å². The predicted octanol–water partition coefficient (Wildman–Crippen LogP) is 5.40. The van der Waals surface area contributed by atoms with Crippen molar-refractivity contribution in [3.05, 3.63) is 12.7 Å². The fraction of sp³-hybridized carbons (Fsp3) is 0.833. The van der Waals surface area contributed by atoms with Crippen LogP contribution in [0.4, 0.5) is 74.6 Å². The molecule has 0 atom stereocenters. The Morgan fingerprint density at radius 2 is 0.879 bits per heavy atom. The molecule has 198 valence electrons. The lowest BCUT2D eigenvalue weighted by atomic mass is 9.91. The fourth-order valence-corrected chi connectivity index (χ4v) is 2.93. The van der Waals surface area contributed by atoms with Crippen LogP contribution in [0.25, 0.3) is 0 Å². The van der Waals surface area contributed by atoms with Gasteiger partial charge >= 0.3 is 47.0 Å². The summed E-state index contributed by atoms with van der Waals surface area (Å²) in [5, 5.41) is -7.54. The van der Waals surface area contributed by atoms with Crippen molar-refractivity contribution in [2.24, 2.45) is 0 Å². The van der Waals surface area contributed by atoms with Crippen molar-refractivity contribution in [1.29, 1.82) is 0 Å². The summed E-state index contributed by atoms with van der Waals surface area (Å²) in [6, 6.07) is 0. The van der Waals surface area contributed by atoms with E-state index in [0.717, 1.165) is 0 Å². The van der Waals surface area contributed by atoms with E-state index in [9.17, 15) is 83.1 Å². The first-order chi connectivity index (χ1) is 14.0. The SMILES string of the molecule is C=CCN(C)S(=O)(=O)C(F)(F)C(F)(F)C(F)(F)C(F)(F)C(F)(F)C(F)(F)C(F)(F)C(F)(F)F. The largest absolute Gasteiger partial charge is 0.460 e. The Hall–Kier alpha value is -1.54. The highest BCUT2D eigenvalue weighted by atomic mass is 32.2. The molecule has 33 heavy (non-hydrogen) atoms. The Bertz CT molecular complexity index is 845. The molecule has 3 nitrogen and oxygen atoms in total. The highest BCUT2D eigenvalue weighted by molar-refractivity contribution is 7.90. The van der Waals surface area contributed by atoms with Crippen LogP contribution in [0.5, 0.6) is 0 Å². The summed E-state index contributed by atoms with van der Waals surface area (Å²) in [6.45, 7) is 1.27. The van der Waals surface area contributed by atoms with Crippen LogP contribution in [-0.4, -0.2) is 73.3 Å². The molecule has 0 aliphatic carbocycles. The van der Waals surface area contributed by atoms with Crippen LogP contribution in [0.2, 0.25) is 0 Å². The van der Waals surface area contributed by atoms with E-state index in [-0.39, 0.29) is 7.05 Å². The summed E-state index contributed by atoms with van der Waals surface area (Å²) < 4.78 is 244. The van der Waals surface area contributed by atoms with Crippen LogP contribution in [0.3, 0.4) is 0 Å². The topological polar surface area (TPSA) is 37.4 Å². The fourth-order valence-electron chi connectivity index (χ4n) is 1.79. The first-order valence-electron chi connectivity index (χ1n) is 7.26.